The molecule has 0 saturated carbocycles. The molecule has 0 N–H and O–H groups in total. The van der Waals surface area contributed by atoms with Gasteiger partial charge in [-0.15, -0.1) is 0 Å². The number of unbranched alkanes of at least 4 members (excludes halogenated alkanes) is 27. The highest BCUT2D eigenvalue weighted by atomic mass is 16.6. The van der Waals surface area contributed by atoms with Crippen LogP contribution in [0.5, 0.6) is 0 Å². The Morgan fingerprint density at radius 3 is 0.753 bits per heavy atom. The topological polar surface area (TPSA) is 78.9 Å². The summed E-state index contributed by atoms with van der Waals surface area (Å²) in [7, 11) is 0. The highest BCUT2D eigenvalue weighted by Gasteiger charge is 2.19. The van der Waals surface area contributed by atoms with Gasteiger partial charge in [0.25, 0.3) is 0 Å². The number of carbonyl (C=O) groups is 3. The zero-order valence-corrected chi connectivity index (χ0v) is 52.8. The lowest BCUT2D eigenvalue weighted by atomic mass is 10.0. The largest absolute Gasteiger partial charge is 0.462 e. The Bertz CT molecular complexity index is 1720. The van der Waals surface area contributed by atoms with Gasteiger partial charge >= 0.3 is 17.9 Å². The fourth-order valence-electron chi connectivity index (χ4n) is 9.11. The summed E-state index contributed by atoms with van der Waals surface area (Å²) >= 11 is 0. The minimum absolute atomic E-state index is 0.0893. The lowest BCUT2D eigenvalue weighted by Crippen LogP contribution is -2.30. The third-order valence-electron chi connectivity index (χ3n) is 14.1. The zero-order valence-electron chi connectivity index (χ0n) is 52.8. The number of hydrogen-bond donors (Lipinski definition) is 0. The Labute approximate surface area is 500 Å². The Morgan fingerprint density at radius 1 is 0.259 bits per heavy atom. The predicted octanol–water partition coefficient (Wildman–Crippen LogP) is 23.3. The molecular formula is C75H124O6. The molecule has 0 aromatic carbocycles. The standard InChI is InChI=1S/C75H124O6/c1-4-7-10-13-15-17-19-21-23-25-27-29-31-33-35-37-39-41-43-45-47-49-51-53-55-57-59-62-65-68-74(77)80-71-72(70-79-73(76)67-64-61-12-9-6-3)81-75(78)69-66-63-60-58-56-54-52-50-48-46-44-42-40-38-36-34-32-30-28-26-24-22-20-18-16-14-11-8-5-2/h7,10,15,17,20-23,26-29,32-35,39,41,45,47,51,53,72H,4-6,8-9,11-14,16,18-19,24-25,30-31,36-38,40,42-44,46,48-50,52,54-71H2,1-3H3/b10-7-,17-15-,22-20-,23-21-,28-26-,29-27-,34-32-,35-33-,41-39-,47-45-,53-51-. The Balaban J connectivity index is 4.10. The first-order valence-electron chi connectivity index (χ1n) is 33.7. The van der Waals surface area contributed by atoms with E-state index < -0.39 is 6.10 Å². The van der Waals surface area contributed by atoms with Gasteiger partial charge in [-0.2, -0.15) is 0 Å². The van der Waals surface area contributed by atoms with E-state index in [-0.39, 0.29) is 31.1 Å². The minimum Gasteiger partial charge on any atom is -0.462 e. The van der Waals surface area contributed by atoms with Crippen molar-refractivity contribution in [1.82, 2.24) is 0 Å². The second-order valence-corrected chi connectivity index (χ2v) is 22.0. The SMILES string of the molecule is CC/C=C\C/C=C\C/C=C\C/C=C\C/C=C\C/C=C\C/C=C\C/C=C\CCCCCCC(=O)OCC(COC(=O)CCCCCCC)OC(=O)CCCCCCCCCCCCCCCC/C=C\C/C=C\C/C=C\CCCCCCC. The molecule has 1 atom stereocenters. The van der Waals surface area contributed by atoms with Gasteiger partial charge in [0.1, 0.15) is 13.2 Å². The summed E-state index contributed by atoms with van der Waals surface area (Å²) in [6.07, 6.45) is 96.6. The third-order valence-corrected chi connectivity index (χ3v) is 14.1. The van der Waals surface area contributed by atoms with Gasteiger partial charge in [0.15, 0.2) is 6.10 Å². The molecule has 0 saturated heterocycles. The third kappa shape index (κ3) is 66.2. The van der Waals surface area contributed by atoms with E-state index in [2.05, 4.69) is 154 Å². The van der Waals surface area contributed by atoms with Crippen molar-refractivity contribution in [3.05, 3.63) is 134 Å². The quantitative estimate of drug-likeness (QED) is 0.0261. The van der Waals surface area contributed by atoms with Crippen molar-refractivity contribution in [3.8, 4) is 0 Å². The van der Waals surface area contributed by atoms with E-state index in [9.17, 15) is 14.4 Å². The van der Waals surface area contributed by atoms with E-state index in [1.54, 1.807) is 0 Å². The summed E-state index contributed by atoms with van der Waals surface area (Å²) in [6, 6.07) is 0. The average Bonchev–Trinajstić information content (AvgIpc) is 3.47. The fourth-order valence-corrected chi connectivity index (χ4v) is 9.11. The summed E-state index contributed by atoms with van der Waals surface area (Å²) in [5, 5.41) is 0. The van der Waals surface area contributed by atoms with Gasteiger partial charge in [0.2, 0.25) is 0 Å². The lowest BCUT2D eigenvalue weighted by molar-refractivity contribution is -0.167. The molecule has 460 valence electrons. The average molecular weight is 1120 g/mol. The smallest absolute Gasteiger partial charge is 0.306 e. The Hall–Kier alpha value is -4.45. The molecule has 0 aromatic heterocycles. The summed E-state index contributed by atoms with van der Waals surface area (Å²) in [4.78, 5) is 38.0. The van der Waals surface area contributed by atoms with Crippen LogP contribution in [0, 0.1) is 0 Å². The molecule has 0 aliphatic rings. The second kappa shape index (κ2) is 68.1. The molecule has 0 heterocycles. The highest BCUT2D eigenvalue weighted by Crippen LogP contribution is 2.16. The van der Waals surface area contributed by atoms with Crippen LogP contribution in [0.2, 0.25) is 0 Å². The summed E-state index contributed by atoms with van der Waals surface area (Å²) in [5.41, 5.74) is 0. The Kier molecular flexibility index (Phi) is 64.3. The van der Waals surface area contributed by atoms with Crippen LogP contribution in [0.3, 0.4) is 0 Å². The zero-order chi connectivity index (χ0) is 58.5. The van der Waals surface area contributed by atoms with Gasteiger partial charge in [-0.05, 0) is 122 Å². The number of allylic oxidation sites excluding steroid dienone is 22. The molecule has 0 aliphatic heterocycles. The van der Waals surface area contributed by atoms with Gasteiger partial charge in [0.05, 0.1) is 0 Å². The number of rotatable bonds is 60. The number of hydrogen-bond acceptors (Lipinski definition) is 6. The van der Waals surface area contributed by atoms with Gasteiger partial charge in [-0.1, -0.05) is 296 Å². The second-order valence-electron chi connectivity index (χ2n) is 22.0. The van der Waals surface area contributed by atoms with Gasteiger partial charge in [0, 0.05) is 19.3 Å². The molecule has 0 fully saturated rings. The van der Waals surface area contributed by atoms with Crippen LogP contribution in [-0.2, 0) is 28.6 Å². The van der Waals surface area contributed by atoms with Crippen molar-refractivity contribution < 1.29 is 28.6 Å². The highest BCUT2D eigenvalue weighted by molar-refractivity contribution is 5.71. The van der Waals surface area contributed by atoms with Crippen molar-refractivity contribution in [2.24, 2.45) is 0 Å². The van der Waals surface area contributed by atoms with E-state index in [0.29, 0.717) is 19.3 Å². The molecule has 6 heteroatoms. The molecule has 0 aliphatic carbocycles. The van der Waals surface area contributed by atoms with Gasteiger partial charge in [-0.3, -0.25) is 14.4 Å². The molecule has 0 bridgehead atoms. The van der Waals surface area contributed by atoms with E-state index in [4.69, 9.17) is 14.2 Å². The minimum atomic E-state index is -0.790. The van der Waals surface area contributed by atoms with Crippen molar-refractivity contribution >= 4 is 17.9 Å². The van der Waals surface area contributed by atoms with E-state index in [1.807, 2.05) is 0 Å². The first kappa shape index (κ1) is 76.5. The van der Waals surface area contributed by atoms with Crippen molar-refractivity contribution in [2.45, 2.75) is 309 Å². The molecule has 0 radical (unpaired) electrons. The first-order valence-corrected chi connectivity index (χ1v) is 33.7. The summed E-state index contributed by atoms with van der Waals surface area (Å²) in [5.74, 6) is -0.927. The normalized spacial score (nSPS) is 13.0. The maximum absolute atomic E-state index is 12.9. The molecule has 81 heavy (non-hydrogen) atoms. The Morgan fingerprint density at radius 2 is 0.481 bits per heavy atom. The summed E-state index contributed by atoms with van der Waals surface area (Å²) in [6.45, 7) is 6.42. The lowest BCUT2D eigenvalue weighted by Gasteiger charge is -2.18. The van der Waals surface area contributed by atoms with Crippen LogP contribution in [0.4, 0.5) is 0 Å². The molecule has 6 nitrogen and oxygen atoms in total. The number of ether oxygens (including phenoxy) is 3. The van der Waals surface area contributed by atoms with Crippen LogP contribution in [0.15, 0.2) is 134 Å². The monoisotopic (exact) mass is 1120 g/mol. The maximum atomic E-state index is 12.9. The molecule has 0 spiro atoms. The predicted molar refractivity (Wildman–Crippen MR) is 353 cm³/mol. The van der Waals surface area contributed by atoms with Gasteiger partial charge < -0.3 is 14.2 Å². The molecular weight excluding hydrogens is 997 g/mol. The molecule has 1 unspecified atom stereocenters. The number of carbonyl (C=O) groups excluding carboxylic acids is 3. The first-order chi connectivity index (χ1) is 40.0. The molecule has 0 aromatic rings. The van der Waals surface area contributed by atoms with Crippen LogP contribution in [0.1, 0.15) is 303 Å². The number of esters is 3. The van der Waals surface area contributed by atoms with Gasteiger partial charge in [-0.25, -0.2) is 0 Å². The van der Waals surface area contributed by atoms with E-state index in [1.165, 1.54) is 116 Å². The van der Waals surface area contributed by atoms with Crippen LogP contribution in [-0.4, -0.2) is 37.2 Å². The molecule has 0 rings (SSSR count). The van der Waals surface area contributed by atoms with Crippen molar-refractivity contribution in [2.75, 3.05) is 13.2 Å². The maximum Gasteiger partial charge on any atom is 0.306 e. The van der Waals surface area contributed by atoms with Crippen LogP contribution < -0.4 is 0 Å². The van der Waals surface area contributed by atoms with Crippen LogP contribution >= 0.6 is 0 Å². The fraction of sp³-hybridized carbons (Fsp3) is 0.667. The van der Waals surface area contributed by atoms with Crippen LogP contribution in [0.25, 0.3) is 0 Å². The van der Waals surface area contributed by atoms with E-state index >= 15 is 0 Å². The van der Waals surface area contributed by atoms with Crippen molar-refractivity contribution in [3.63, 3.8) is 0 Å². The molecule has 0 amide bonds. The van der Waals surface area contributed by atoms with Crippen molar-refractivity contribution in [1.29, 1.82) is 0 Å². The summed E-state index contributed by atoms with van der Waals surface area (Å²) < 4.78 is 16.8. The van der Waals surface area contributed by atoms with E-state index in [0.717, 1.165) is 148 Å².